The lowest BCUT2D eigenvalue weighted by Crippen LogP contribution is -2.12. The molecule has 16 heavy (non-hydrogen) atoms. The molecule has 0 amide bonds. The summed E-state index contributed by atoms with van der Waals surface area (Å²) in [6.07, 6.45) is 0. The van der Waals surface area contributed by atoms with Crippen LogP contribution in [0.5, 0.6) is 0 Å². The van der Waals surface area contributed by atoms with Crippen molar-refractivity contribution in [3.63, 3.8) is 0 Å². The van der Waals surface area contributed by atoms with Crippen molar-refractivity contribution in [1.29, 1.82) is 0 Å². The molecule has 0 bridgehead atoms. The lowest BCUT2D eigenvalue weighted by Gasteiger charge is -2.19. The average Bonchev–Trinajstić information content (AvgIpc) is 2.64. The summed E-state index contributed by atoms with van der Waals surface area (Å²) < 4.78 is 5.47. The molecule has 2 rings (SSSR count). The zero-order valence-corrected chi connectivity index (χ0v) is 10.1. The second-order valence-corrected chi connectivity index (χ2v) is 5.09. The lowest BCUT2D eigenvalue weighted by molar-refractivity contribution is 0.442. The minimum atomic E-state index is 0.145. The average molecular weight is 215 g/mol. The van der Waals surface area contributed by atoms with Gasteiger partial charge in [0.05, 0.1) is 0 Å². The zero-order valence-electron chi connectivity index (χ0n) is 10.1. The van der Waals surface area contributed by atoms with Gasteiger partial charge in [0.15, 0.2) is 0 Å². The molecule has 1 heterocycles. The minimum absolute atomic E-state index is 0.145. The van der Waals surface area contributed by atoms with Crippen LogP contribution in [0.2, 0.25) is 0 Å². The molecule has 0 aliphatic carbocycles. The van der Waals surface area contributed by atoms with Crippen LogP contribution in [-0.4, -0.2) is 12.4 Å². The Labute approximate surface area is 96.7 Å². The van der Waals surface area contributed by atoms with E-state index in [1.165, 1.54) is 5.56 Å². The molecule has 0 spiro atoms. The third-order valence-corrected chi connectivity index (χ3v) is 2.62. The smallest absolute Gasteiger partial charge is 0.222 e. The summed E-state index contributed by atoms with van der Waals surface area (Å²) in [5.74, 6) is 1.41. The summed E-state index contributed by atoms with van der Waals surface area (Å²) in [4.78, 5) is 4.31. The third-order valence-electron chi connectivity index (χ3n) is 2.62. The van der Waals surface area contributed by atoms with Gasteiger partial charge in [0.25, 0.3) is 0 Å². The summed E-state index contributed by atoms with van der Waals surface area (Å²) in [7, 11) is 0. The van der Waals surface area contributed by atoms with Crippen molar-refractivity contribution < 1.29 is 4.74 Å². The van der Waals surface area contributed by atoms with Crippen LogP contribution in [0.1, 0.15) is 31.9 Å². The molecule has 0 unspecified atom stereocenters. The fraction of sp³-hybridized carbons (Fsp3) is 0.357. The maximum absolute atomic E-state index is 5.47. The predicted molar refractivity (Wildman–Crippen MR) is 66.8 cm³/mol. The minimum Gasteiger partial charge on any atom is -0.442 e. The molecular weight excluding hydrogens is 198 g/mol. The summed E-state index contributed by atoms with van der Waals surface area (Å²) >= 11 is 0. The van der Waals surface area contributed by atoms with E-state index in [0.717, 1.165) is 11.3 Å². The van der Waals surface area contributed by atoms with Crippen molar-refractivity contribution in [2.45, 2.75) is 26.2 Å². The number of hydrogen-bond acceptors (Lipinski definition) is 2. The first-order valence-electron chi connectivity index (χ1n) is 5.48. The highest BCUT2D eigenvalue weighted by molar-refractivity contribution is 5.96. The normalized spacial score (nSPS) is 15.9. The molecule has 0 saturated heterocycles. The molecular formula is C14H17NO. The second-order valence-electron chi connectivity index (χ2n) is 5.09. The van der Waals surface area contributed by atoms with Crippen molar-refractivity contribution in [2.24, 2.45) is 4.99 Å². The monoisotopic (exact) mass is 215 g/mol. The first-order chi connectivity index (χ1) is 7.47. The van der Waals surface area contributed by atoms with Crippen LogP contribution in [0.3, 0.4) is 0 Å². The van der Waals surface area contributed by atoms with E-state index in [4.69, 9.17) is 4.74 Å². The fourth-order valence-corrected chi connectivity index (χ4v) is 1.63. The molecule has 1 aromatic carbocycles. The second kappa shape index (κ2) is 3.78. The van der Waals surface area contributed by atoms with Crippen LogP contribution in [0.4, 0.5) is 0 Å². The Morgan fingerprint density at radius 2 is 2.06 bits per heavy atom. The van der Waals surface area contributed by atoms with Gasteiger partial charge < -0.3 is 4.74 Å². The number of aliphatic imine (C=N–C) groups is 1. The maximum atomic E-state index is 5.47. The summed E-state index contributed by atoms with van der Waals surface area (Å²) in [6.45, 7) is 10.9. The molecule has 2 nitrogen and oxygen atoms in total. The number of nitrogens with zero attached hydrogens (tertiary/aromatic N) is 1. The molecule has 0 radical (unpaired) electrons. The Bertz CT molecular complexity index is 452. The summed E-state index contributed by atoms with van der Waals surface area (Å²) in [5, 5.41) is 0. The lowest BCUT2D eigenvalue weighted by atomic mass is 9.86. The number of ether oxygens (including phenoxy) is 1. The molecule has 2 heteroatoms. The topological polar surface area (TPSA) is 21.6 Å². The molecule has 0 aromatic heterocycles. The fourth-order valence-electron chi connectivity index (χ4n) is 1.63. The van der Waals surface area contributed by atoms with E-state index in [9.17, 15) is 0 Å². The van der Waals surface area contributed by atoms with E-state index < -0.39 is 0 Å². The van der Waals surface area contributed by atoms with Crippen molar-refractivity contribution in [2.75, 3.05) is 6.54 Å². The van der Waals surface area contributed by atoms with Crippen molar-refractivity contribution >= 4 is 5.90 Å². The van der Waals surface area contributed by atoms with Gasteiger partial charge in [0, 0.05) is 5.56 Å². The van der Waals surface area contributed by atoms with Gasteiger partial charge in [-0.05, 0) is 23.1 Å². The van der Waals surface area contributed by atoms with E-state index in [1.54, 1.807) is 0 Å². The van der Waals surface area contributed by atoms with Gasteiger partial charge in [-0.1, -0.05) is 39.5 Å². The SMILES string of the molecule is C=C1CN=C(c2cccc(C(C)(C)C)c2)O1. The first-order valence-corrected chi connectivity index (χ1v) is 5.48. The van der Waals surface area contributed by atoms with E-state index in [1.807, 2.05) is 12.1 Å². The van der Waals surface area contributed by atoms with Gasteiger partial charge in [-0.2, -0.15) is 0 Å². The van der Waals surface area contributed by atoms with Crippen molar-refractivity contribution in [3.8, 4) is 0 Å². The van der Waals surface area contributed by atoms with Crippen LogP contribution >= 0.6 is 0 Å². The quantitative estimate of drug-likeness (QED) is 0.704. The molecule has 0 atom stereocenters. The van der Waals surface area contributed by atoms with Gasteiger partial charge in [-0.25, -0.2) is 4.99 Å². The van der Waals surface area contributed by atoms with E-state index >= 15 is 0 Å². The van der Waals surface area contributed by atoms with Gasteiger partial charge in [-0.3, -0.25) is 0 Å². The van der Waals surface area contributed by atoms with Gasteiger partial charge in [0.1, 0.15) is 12.3 Å². The molecule has 0 fully saturated rings. The molecule has 84 valence electrons. The number of benzene rings is 1. The molecule has 0 N–H and O–H groups in total. The first kappa shape index (κ1) is 10.9. The summed E-state index contributed by atoms with van der Waals surface area (Å²) in [5.41, 5.74) is 2.46. The van der Waals surface area contributed by atoms with Crippen LogP contribution in [-0.2, 0) is 10.2 Å². The molecule has 1 aliphatic rings. The number of rotatable bonds is 1. The molecule has 1 aromatic rings. The Morgan fingerprint density at radius 1 is 1.31 bits per heavy atom. The van der Waals surface area contributed by atoms with Crippen LogP contribution in [0, 0.1) is 0 Å². The highest BCUT2D eigenvalue weighted by Gasteiger charge is 2.17. The third kappa shape index (κ3) is 2.16. The Balaban J connectivity index is 2.33. The Hall–Kier alpha value is -1.57. The van der Waals surface area contributed by atoms with E-state index in [0.29, 0.717) is 12.4 Å². The summed E-state index contributed by atoms with van der Waals surface area (Å²) in [6, 6.07) is 8.33. The van der Waals surface area contributed by atoms with Crippen LogP contribution in [0.25, 0.3) is 0 Å². The molecule has 1 aliphatic heterocycles. The predicted octanol–water partition coefficient (Wildman–Crippen LogP) is 3.27. The van der Waals surface area contributed by atoms with Crippen LogP contribution in [0.15, 0.2) is 41.6 Å². The van der Waals surface area contributed by atoms with Crippen LogP contribution < -0.4 is 0 Å². The number of hydrogen-bond donors (Lipinski definition) is 0. The largest absolute Gasteiger partial charge is 0.442 e. The molecule has 0 saturated carbocycles. The van der Waals surface area contributed by atoms with Gasteiger partial charge in [0.2, 0.25) is 5.90 Å². The van der Waals surface area contributed by atoms with Gasteiger partial charge >= 0.3 is 0 Å². The van der Waals surface area contributed by atoms with Crippen molar-refractivity contribution in [1.82, 2.24) is 0 Å². The highest BCUT2D eigenvalue weighted by atomic mass is 16.5. The Morgan fingerprint density at radius 3 is 2.62 bits per heavy atom. The zero-order chi connectivity index (χ0) is 11.8. The van der Waals surface area contributed by atoms with Gasteiger partial charge in [-0.15, -0.1) is 0 Å². The maximum Gasteiger partial charge on any atom is 0.222 e. The standard InChI is InChI=1S/C14H17NO/c1-10-9-15-13(16-10)11-6-5-7-12(8-11)14(2,3)4/h5-8H,1,9H2,2-4H3. The van der Waals surface area contributed by atoms with E-state index in [2.05, 4.69) is 44.5 Å². The van der Waals surface area contributed by atoms with E-state index in [-0.39, 0.29) is 5.41 Å². The Kier molecular flexibility index (Phi) is 2.58. The van der Waals surface area contributed by atoms with Crippen molar-refractivity contribution in [3.05, 3.63) is 47.7 Å². The highest BCUT2D eigenvalue weighted by Crippen LogP contribution is 2.24.